The first-order chi connectivity index (χ1) is 12.9. The second-order valence-electron chi connectivity index (χ2n) is 6.30. The quantitative estimate of drug-likeness (QED) is 0.600. The molecule has 6 nitrogen and oxygen atoms in total. The SMILES string of the molecule is CN(C)c1ccc(/C=C2\C(=O)NC(=O)N(Cc3ccccc3)C2=O)cc1Br. The molecule has 0 aliphatic carbocycles. The van der Waals surface area contributed by atoms with Gasteiger partial charge in [-0.1, -0.05) is 36.4 Å². The van der Waals surface area contributed by atoms with E-state index in [1.807, 2.05) is 67.5 Å². The molecular formula is C20H18BrN3O3. The third-order valence-corrected chi connectivity index (χ3v) is 4.77. The Morgan fingerprint density at radius 1 is 1.07 bits per heavy atom. The summed E-state index contributed by atoms with van der Waals surface area (Å²) in [5.41, 5.74) is 2.38. The number of rotatable bonds is 4. The average Bonchev–Trinajstić information content (AvgIpc) is 2.63. The molecule has 1 fully saturated rings. The number of benzene rings is 2. The fourth-order valence-corrected chi connectivity index (χ4v) is 3.50. The molecule has 27 heavy (non-hydrogen) atoms. The smallest absolute Gasteiger partial charge is 0.331 e. The van der Waals surface area contributed by atoms with Crippen LogP contribution in [0.2, 0.25) is 0 Å². The summed E-state index contributed by atoms with van der Waals surface area (Å²) in [6.07, 6.45) is 1.49. The lowest BCUT2D eigenvalue weighted by Crippen LogP contribution is -2.53. The maximum absolute atomic E-state index is 12.8. The molecule has 0 spiro atoms. The highest BCUT2D eigenvalue weighted by Gasteiger charge is 2.35. The van der Waals surface area contributed by atoms with Gasteiger partial charge in [-0.15, -0.1) is 0 Å². The van der Waals surface area contributed by atoms with Gasteiger partial charge in [0.15, 0.2) is 0 Å². The number of halogens is 1. The molecule has 1 heterocycles. The molecule has 138 valence electrons. The average molecular weight is 428 g/mol. The Morgan fingerprint density at radius 3 is 2.41 bits per heavy atom. The Balaban J connectivity index is 1.91. The fourth-order valence-electron chi connectivity index (χ4n) is 2.75. The van der Waals surface area contributed by atoms with E-state index in [2.05, 4.69) is 21.2 Å². The number of nitrogens with one attached hydrogen (secondary N) is 1. The van der Waals surface area contributed by atoms with Crippen molar-refractivity contribution < 1.29 is 14.4 Å². The van der Waals surface area contributed by atoms with Crippen LogP contribution >= 0.6 is 15.9 Å². The number of anilines is 1. The van der Waals surface area contributed by atoms with Gasteiger partial charge in [0, 0.05) is 18.6 Å². The highest BCUT2D eigenvalue weighted by Crippen LogP contribution is 2.27. The van der Waals surface area contributed by atoms with E-state index in [0.29, 0.717) is 5.56 Å². The molecule has 0 atom stereocenters. The third kappa shape index (κ3) is 4.09. The summed E-state index contributed by atoms with van der Waals surface area (Å²) in [7, 11) is 3.84. The Bertz CT molecular complexity index is 939. The maximum atomic E-state index is 12.8. The van der Waals surface area contributed by atoms with Crippen LogP contribution in [0.25, 0.3) is 6.08 Å². The summed E-state index contributed by atoms with van der Waals surface area (Å²) in [6, 6.07) is 13.9. The van der Waals surface area contributed by atoms with Crippen molar-refractivity contribution in [1.82, 2.24) is 10.2 Å². The van der Waals surface area contributed by atoms with E-state index in [-0.39, 0.29) is 12.1 Å². The van der Waals surface area contributed by atoms with Crippen molar-refractivity contribution in [3.63, 3.8) is 0 Å². The minimum Gasteiger partial charge on any atom is -0.377 e. The first kappa shape index (κ1) is 18.8. The number of hydrogen-bond acceptors (Lipinski definition) is 4. The number of imide groups is 2. The Kier molecular flexibility index (Phi) is 5.41. The molecule has 0 bridgehead atoms. The molecule has 1 aliphatic heterocycles. The number of carbonyl (C=O) groups is 3. The topological polar surface area (TPSA) is 69.7 Å². The van der Waals surface area contributed by atoms with E-state index in [4.69, 9.17) is 0 Å². The largest absolute Gasteiger partial charge is 0.377 e. The van der Waals surface area contributed by atoms with Crippen LogP contribution in [0.5, 0.6) is 0 Å². The van der Waals surface area contributed by atoms with Crippen molar-refractivity contribution in [3.05, 3.63) is 69.7 Å². The Labute approximate surface area is 165 Å². The van der Waals surface area contributed by atoms with Crippen molar-refractivity contribution in [2.45, 2.75) is 6.54 Å². The highest BCUT2D eigenvalue weighted by molar-refractivity contribution is 9.10. The summed E-state index contributed by atoms with van der Waals surface area (Å²) in [5, 5.41) is 2.23. The minimum atomic E-state index is -0.713. The molecule has 0 radical (unpaired) electrons. The van der Waals surface area contributed by atoms with E-state index in [0.717, 1.165) is 20.6 Å². The van der Waals surface area contributed by atoms with Gasteiger partial charge in [0.2, 0.25) is 0 Å². The predicted octanol–water partition coefficient (Wildman–Crippen LogP) is 3.18. The number of amides is 4. The predicted molar refractivity (Wildman–Crippen MR) is 107 cm³/mol. The monoisotopic (exact) mass is 427 g/mol. The summed E-state index contributed by atoms with van der Waals surface area (Å²) < 4.78 is 0.836. The number of hydrogen-bond donors (Lipinski definition) is 1. The minimum absolute atomic E-state index is 0.0740. The normalized spacial score (nSPS) is 15.9. The number of carbonyl (C=O) groups excluding carboxylic acids is 3. The van der Waals surface area contributed by atoms with Gasteiger partial charge >= 0.3 is 6.03 Å². The summed E-state index contributed by atoms with van der Waals surface area (Å²) in [5.74, 6) is -1.30. The Hall–Kier alpha value is -2.93. The van der Waals surface area contributed by atoms with Crippen LogP contribution in [0, 0.1) is 0 Å². The number of nitrogens with zero attached hydrogens (tertiary/aromatic N) is 2. The van der Waals surface area contributed by atoms with Crippen LogP contribution in [0.1, 0.15) is 11.1 Å². The molecule has 2 aromatic rings. The summed E-state index contributed by atoms with van der Waals surface area (Å²) >= 11 is 3.49. The Morgan fingerprint density at radius 2 is 1.78 bits per heavy atom. The van der Waals surface area contributed by atoms with Crippen molar-refractivity contribution in [2.24, 2.45) is 0 Å². The van der Waals surface area contributed by atoms with Crippen molar-refractivity contribution in [2.75, 3.05) is 19.0 Å². The van der Waals surface area contributed by atoms with E-state index in [1.165, 1.54) is 6.08 Å². The second kappa shape index (κ2) is 7.75. The molecule has 0 saturated carbocycles. The maximum Gasteiger partial charge on any atom is 0.331 e. The van der Waals surface area contributed by atoms with Crippen LogP contribution in [0.15, 0.2) is 58.6 Å². The first-order valence-corrected chi connectivity index (χ1v) is 9.06. The number of barbiturate groups is 1. The zero-order valence-electron chi connectivity index (χ0n) is 14.9. The third-order valence-electron chi connectivity index (χ3n) is 4.13. The lowest BCUT2D eigenvalue weighted by Gasteiger charge is -2.26. The first-order valence-electron chi connectivity index (χ1n) is 8.26. The molecule has 0 aromatic heterocycles. The van der Waals surface area contributed by atoms with Crippen LogP contribution < -0.4 is 10.2 Å². The highest BCUT2D eigenvalue weighted by atomic mass is 79.9. The van der Waals surface area contributed by atoms with Crippen molar-refractivity contribution >= 4 is 45.5 Å². The van der Waals surface area contributed by atoms with Gasteiger partial charge in [0.1, 0.15) is 5.57 Å². The zero-order valence-corrected chi connectivity index (χ0v) is 16.5. The van der Waals surface area contributed by atoms with Crippen LogP contribution in [-0.2, 0) is 16.1 Å². The molecule has 2 aromatic carbocycles. The molecule has 1 N–H and O–H groups in total. The van der Waals surface area contributed by atoms with Crippen LogP contribution in [0.3, 0.4) is 0 Å². The molecule has 3 rings (SSSR count). The van der Waals surface area contributed by atoms with E-state index in [1.54, 1.807) is 0 Å². The molecular weight excluding hydrogens is 410 g/mol. The van der Waals surface area contributed by atoms with Crippen molar-refractivity contribution in [3.8, 4) is 0 Å². The van der Waals surface area contributed by atoms with Crippen LogP contribution in [0.4, 0.5) is 10.5 Å². The molecule has 1 aliphatic rings. The van der Waals surface area contributed by atoms with E-state index in [9.17, 15) is 14.4 Å². The lowest BCUT2D eigenvalue weighted by molar-refractivity contribution is -0.130. The fraction of sp³-hybridized carbons (Fsp3) is 0.150. The molecule has 0 unspecified atom stereocenters. The van der Waals surface area contributed by atoms with E-state index < -0.39 is 17.8 Å². The standard InChI is InChI=1S/C20H18BrN3O3/c1-23(2)17-9-8-14(11-16(17)21)10-15-18(25)22-20(27)24(19(15)26)12-13-6-4-3-5-7-13/h3-11H,12H2,1-2H3,(H,22,25,27)/b15-10+. The van der Waals surface area contributed by atoms with Crippen molar-refractivity contribution in [1.29, 1.82) is 0 Å². The van der Waals surface area contributed by atoms with Gasteiger partial charge in [-0.2, -0.15) is 0 Å². The number of urea groups is 1. The lowest BCUT2D eigenvalue weighted by atomic mass is 10.1. The molecule has 1 saturated heterocycles. The van der Waals surface area contributed by atoms with Gasteiger partial charge in [-0.05, 0) is 45.3 Å². The van der Waals surface area contributed by atoms with Gasteiger partial charge in [0.05, 0.1) is 12.2 Å². The van der Waals surface area contributed by atoms with Crippen LogP contribution in [-0.4, -0.2) is 36.8 Å². The summed E-state index contributed by atoms with van der Waals surface area (Å²) in [4.78, 5) is 40.1. The second-order valence-corrected chi connectivity index (χ2v) is 7.15. The summed E-state index contributed by atoms with van der Waals surface area (Å²) in [6.45, 7) is 0.0966. The van der Waals surface area contributed by atoms with Gasteiger partial charge in [0.25, 0.3) is 11.8 Å². The van der Waals surface area contributed by atoms with Gasteiger partial charge in [-0.25, -0.2) is 4.79 Å². The van der Waals surface area contributed by atoms with Gasteiger partial charge in [-0.3, -0.25) is 19.8 Å². The van der Waals surface area contributed by atoms with E-state index >= 15 is 0 Å². The molecule has 7 heteroatoms. The zero-order chi connectivity index (χ0) is 19.6. The van der Waals surface area contributed by atoms with Gasteiger partial charge < -0.3 is 4.90 Å². The molecule has 4 amide bonds.